The van der Waals surface area contributed by atoms with E-state index in [0.717, 1.165) is 38.0 Å². The van der Waals surface area contributed by atoms with Crippen molar-refractivity contribution >= 4 is 27.6 Å². The fourth-order valence-corrected chi connectivity index (χ4v) is 6.58. The third-order valence-corrected chi connectivity index (χ3v) is 10.2. The third kappa shape index (κ3) is 40.8. The van der Waals surface area contributed by atoms with E-state index in [2.05, 4.69) is 35.9 Å². The van der Waals surface area contributed by atoms with Crippen LogP contribution in [0.4, 0.5) is 0 Å². The lowest BCUT2D eigenvalue weighted by molar-refractivity contribution is -0.161. The first kappa shape index (κ1) is 56.0. The van der Waals surface area contributed by atoms with Crippen LogP contribution in [-0.4, -0.2) is 81.6 Å². The molecule has 58 heavy (non-hydrogen) atoms. The molecule has 0 heterocycles. The first-order valence-electron chi connectivity index (χ1n) is 21.3. The lowest BCUT2D eigenvalue weighted by Gasteiger charge is -2.20. The Labute approximate surface area is 348 Å². The fourth-order valence-electron chi connectivity index (χ4n) is 5.43. The molecule has 0 amide bonds. The Kier molecular flexibility index (Phi) is 35.6. The number of aliphatic hydroxyl groups excluding tert-OH is 2. The number of hydrogen-bond acceptors (Lipinski definition) is 11. The summed E-state index contributed by atoms with van der Waals surface area (Å²) in [5.74, 6) is -0.380. The topological polar surface area (TPSA) is 216 Å². The molecule has 0 aliphatic carbocycles. The van der Waals surface area contributed by atoms with Crippen LogP contribution in [0.2, 0.25) is 0 Å². The zero-order valence-electron chi connectivity index (χ0n) is 35.4. The van der Waals surface area contributed by atoms with Gasteiger partial charge >= 0.3 is 27.6 Å². The van der Waals surface area contributed by atoms with Crippen molar-refractivity contribution in [3.8, 4) is 0 Å². The van der Waals surface area contributed by atoms with Crippen LogP contribution in [0, 0.1) is 5.92 Å². The van der Waals surface area contributed by atoms with Crippen LogP contribution in [0.5, 0.6) is 0 Å². The van der Waals surface area contributed by atoms with Gasteiger partial charge in [0.25, 0.3) is 0 Å². The molecular formula is C42H76O14P2. The molecule has 0 radical (unpaired) electrons. The second-order valence-electron chi connectivity index (χ2n) is 14.9. The molecular weight excluding hydrogens is 790 g/mol. The molecule has 0 fully saturated rings. The predicted molar refractivity (Wildman–Crippen MR) is 227 cm³/mol. The molecule has 4 atom stereocenters. The average molecular weight is 867 g/mol. The Balaban J connectivity index is 4.67. The normalized spacial score (nSPS) is 15.2. The van der Waals surface area contributed by atoms with E-state index < -0.39 is 72.3 Å². The highest BCUT2D eigenvalue weighted by Crippen LogP contribution is 2.43. The summed E-state index contributed by atoms with van der Waals surface area (Å²) in [5.41, 5.74) is 0. The fraction of sp³-hybridized carbons (Fsp3) is 0.762. The van der Waals surface area contributed by atoms with Gasteiger partial charge in [-0.15, -0.1) is 0 Å². The molecule has 0 bridgehead atoms. The highest BCUT2D eigenvalue weighted by Gasteiger charge is 2.28. The predicted octanol–water partition coefficient (Wildman–Crippen LogP) is 9.50. The lowest BCUT2D eigenvalue weighted by atomic mass is 10.0. The van der Waals surface area contributed by atoms with Gasteiger partial charge in [-0.05, 0) is 50.9 Å². The van der Waals surface area contributed by atoms with Gasteiger partial charge in [-0.25, -0.2) is 9.13 Å². The van der Waals surface area contributed by atoms with Crippen molar-refractivity contribution in [2.45, 2.75) is 174 Å². The highest BCUT2D eigenvalue weighted by atomic mass is 31.2. The molecule has 16 heteroatoms. The molecule has 0 aliphatic heterocycles. The number of carbonyl (C=O) groups excluding carboxylic acids is 2. The van der Waals surface area contributed by atoms with Crippen LogP contribution in [0.1, 0.15) is 156 Å². The van der Waals surface area contributed by atoms with Crippen molar-refractivity contribution in [2.24, 2.45) is 5.92 Å². The number of rotatable bonds is 39. The number of esters is 2. The maximum absolute atomic E-state index is 12.6. The molecule has 14 nitrogen and oxygen atoms in total. The number of phosphoric ester groups is 2. The lowest BCUT2D eigenvalue weighted by Crippen LogP contribution is -2.30. The maximum Gasteiger partial charge on any atom is 0.472 e. The van der Waals surface area contributed by atoms with Crippen molar-refractivity contribution < 1.29 is 66.7 Å². The minimum absolute atomic E-state index is 0.0849. The highest BCUT2D eigenvalue weighted by molar-refractivity contribution is 7.47. The van der Waals surface area contributed by atoms with E-state index in [-0.39, 0.29) is 12.8 Å². The Hall–Kier alpha value is -1.96. The van der Waals surface area contributed by atoms with E-state index in [1.807, 2.05) is 36.5 Å². The second kappa shape index (κ2) is 36.9. The van der Waals surface area contributed by atoms with Gasteiger partial charge in [0.2, 0.25) is 0 Å². The van der Waals surface area contributed by atoms with E-state index in [1.165, 1.54) is 57.8 Å². The maximum atomic E-state index is 12.6. The van der Waals surface area contributed by atoms with E-state index in [0.29, 0.717) is 32.1 Å². The smallest absolute Gasteiger partial charge is 0.462 e. The van der Waals surface area contributed by atoms with E-state index >= 15 is 0 Å². The molecule has 0 aromatic carbocycles. The van der Waals surface area contributed by atoms with Gasteiger partial charge in [-0.3, -0.25) is 23.2 Å². The minimum atomic E-state index is -4.87. The summed E-state index contributed by atoms with van der Waals surface area (Å²) in [6.45, 7) is 3.86. The number of ether oxygens (including phenoxy) is 2. The van der Waals surface area contributed by atoms with Crippen molar-refractivity contribution in [2.75, 3.05) is 26.4 Å². The molecule has 0 saturated heterocycles. The SMILES string of the molecule is CCCCC/C=C\C=C/[C@@H](O)C/C=C\C/C=C/CCCC(=O)OC[C@H](COP(=O)(O)OC[C@@H](O)COP(=O)(O)O)OC(=O)CCCCCCCCCCCCC(C)C. The average Bonchev–Trinajstić information content (AvgIpc) is 3.16. The van der Waals surface area contributed by atoms with Crippen molar-refractivity contribution in [3.05, 3.63) is 48.6 Å². The van der Waals surface area contributed by atoms with Crippen LogP contribution in [0.25, 0.3) is 0 Å². The second-order valence-corrected chi connectivity index (χ2v) is 17.6. The van der Waals surface area contributed by atoms with Gasteiger partial charge < -0.3 is 34.4 Å². The van der Waals surface area contributed by atoms with Gasteiger partial charge in [0.05, 0.1) is 25.9 Å². The van der Waals surface area contributed by atoms with Crippen LogP contribution in [0.3, 0.4) is 0 Å². The quantitative estimate of drug-likeness (QED) is 0.0128. The standard InChI is InChI=1S/C42H76O14P2/c1-4-5-6-7-13-19-24-29-38(43)30-25-20-15-12-17-21-26-31-41(45)52-35-40(36-55-58(50,51)54-34-39(44)33-53-57(47,48)49)56-42(46)32-27-22-16-11-9-8-10-14-18-23-28-37(2)3/h12-13,17,19-20,24-25,29,37-40,43-44H,4-11,14-16,18,21-23,26-28,30-36H2,1-3H3,(H,50,51)(H2,47,48,49)/b17-12+,19-13-,25-20-,29-24-/t38-,39+,40-/m1/s1. The van der Waals surface area contributed by atoms with Gasteiger partial charge in [0.1, 0.15) is 12.7 Å². The number of carbonyl (C=O) groups is 2. The third-order valence-electron chi connectivity index (χ3n) is 8.72. The molecule has 5 N–H and O–H groups in total. The zero-order valence-corrected chi connectivity index (χ0v) is 37.2. The van der Waals surface area contributed by atoms with Gasteiger partial charge in [0.15, 0.2) is 6.10 Å². The Morgan fingerprint density at radius 2 is 1.21 bits per heavy atom. The summed E-state index contributed by atoms with van der Waals surface area (Å²) in [6, 6.07) is 0. The molecule has 0 aliphatic rings. The summed E-state index contributed by atoms with van der Waals surface area (Å²) in [7, 11) is -9.70. The largest absolute Gasteiger partial charge is 0.472 e. The number of phosphoric acid groups is 2. The summed E-state index contributed by atoms with van der Waals surface area (Å²) in [6.07, 6.45) is 31.5. The molecule has 338 valence electrons. The molecule has 0 aromatic heterocycles. The summed E-state index contributed by atoms with van der Waals surface area (Å²) in [5, 5.41) is 19.8. The number of hydrogen-bond donors (Lipinski definition) is 5. The van der Waals surface area contributed by atoms with Crippen molar-refractivity contribution in [1.29, 1.82) is 0 Å². The number of allylic oxidation sites excluding steroid dienone is 6. The van der Waals surface area contributed by atoms with Crippen LogP contribution < -0.4 is 0 Å². The molecule has 1 unspecified atom stereocenters. The summed E-state index contributed by atoms with van der Waals surface area (Å²) >= 11 is 0. The summed E-state index contributed by atoms with van der Waals surface area (Å²) < 4.78 is 47.6. The molecule has 0 rings (SSSR count). The minimum Gasteiger partial charge on any atom is -0.462 e. The van der Waals surface area contributed by atoms with Crippen LogP contribution >= 0.6 is 15.6 Å². The Bertz CT molecular complexity index is 1250. The van der Waals surface area contributed by atoms with Gasteiger partial charge in [-0.1, -0.05) is 146 Å². The van der Waals surface area contributed by atoms with E-state index in [4.69, 9.17) is 23.8 Å². The van der Waals surface area contributed by atoms with Crippen LogP contribution in [-0.2, 0) is 41.8 Å². The first-order valence-corrected chi connectivity index (χ1v) is 24.3. The number of unbranched alkanes of at least 4 members (excludes halogenated alkanes) is 13. The Morgan fingerprint density at radius 3 is 1.86 bits per heavy atom. The van der Waals surface area contributed by atoms with Gasteiger partial charge in [-0.2, -0.15) is 0 Å². The van der Waals surface area contributed by atoms with Crippen molar-refractivity contribution in [3.63, 3.8) is 0 Å². The zero-order chi connectivity index (χ0) is 43.3. The van der Waals surface area contributed by atoms with Crippen molar-refractivity contribution in [1.82, 2.24) is 0 Å². The first-order chi connectivity index (χ1) is 27.6. The van der Waals surface area contributed by atoms with E-state index in [1.54, 1.807) is 6.08 Å². The molecule has 0 spiro atoms. The molecule has 0 saturated carbocycles. The van der Waals surface area contributed by atoms with E-state index in [9.17, 15) is 33.8 Å². The Morgan fingerprint density at radius 1 is 0.621 bits per heavy atom. The van der Waals surface area contributed by atoms with Gasteiger partial charge in [0, 0.05) is 12.8 Å². The summed E-state index contributed by atoms with van der Waals surface area (Å²) in [4.78, 5) is 52.6. The molecule has 0 aromatic rings. The monoisotopic (exact) mass is 866 g/mol. The van der Waals surface area contributed by atoms with Crippen LogP contribution in [0.15, 0.2) is 48.6 Å². The number of aliphatic hydroxyl groups is 2.